The molecule has 0 rings (SSSR count). The summed E-state index contributed by atoms with van der Waals surface area (Å²) in [4.78, 5) is 10.1. The fourth-order valence-electron chi connectivity index (χ4n) is 0.998. The summed E-state index contributed by atoms with van der Waals surface area (Å²) in [6.07, 6.45) is -8.19. The summed E-state index contributed by atoms with van der Waals surface area (Å²) >= 11 is 0. The molecule has 0 saturated carbocycles. The second-order valence-corrected chi connectivity index (χ2v) is 3.42. The molecule has 0 fully saturated rings. The topological polar surface area (TPSA) is 144 Å². The van der Waals surface area contributed by atoms with Crippen LogP contribution in [-0.4, -0.2) is 68.4 Å². The van der Waals surface area contributed by atoms with Crippen molar-refractivity contribution < 1.29 is 30.3 Å². The quantitative estimate of drug-likeness (QED) is 0.254. The first-order chi connectivity index (χ1) is 6.82. The van der Waals surface area contributed by atoms with E-state index in [0.717, 1.165) is 0 Å². The minimum atomic E-state index is -1.85. The van der Waals surface area contributed by atoms with Gasteiger partial charge in [-0.2, -0.15) is 0 Å². The Bertz CT molecular complexity index is 200. The van der Waals surface area contributed by atoms with Crippen molar-refractivity contribution >= 4 is 6.29 Å². The molecule has 7 heteroatoms. The normalized spacial score (nSPS) is 23.7. The van der Waals surface area contributed by atoms with E-state index in [9.17, 15) is 15.0 Å². The van der Waals surface area contributed by atoms with Crippen LogP contribution in [0, 0.1) is 0 Å². The standard InChI is InChI=1S/C8H17NO6/c1-3(11)5(9)7(14)8(15)6(13)4(12)2-10/h2-8,11-15H,9H2,1H3/t3-,4+,5-,6-,7-,8-/m1/s1. The highest BCUT2D eigenvalue weighted by Gasteiger charge is 2.34. The third kappa shape index (κ3) is 3.82. The molecule has 0 saturated heterocycles. The van der Waals surface area contributed by atoms with E-state index in [2.05, 4.69) is 0 Å². The van der Waals surface area contributed by atoms with Crippen LogP contribution in [0.3, 0.4) is 0 Å². The first-order valence-corrected chi connectivity index (χ1v) is 4.44. The van der Waals surface area contributed by atoms with Gasteiger partial charge in [-0.25, -0.2) is 0 Å². The Morgan fingerprint density at radius 2 is 1.47 bits per heavy atom. The molecule has 0 aliphatic rings. The summed E-state index contributed by atoms with van der Waals surface area (Å²) in [5.74, 6) is 0. The minimum absolute atomic E-state index is 0.0223. The molecule has 0 radical (unpaired) electrons. The summed E-state index contributed by atoms with van der Waals surface area (Å²) in [5.41, 5.74) is 5.30. The van der Waals surface area contributed by atoms with Crippen molar-refractivity contribution in [3.05, 3.63) is 0 Å². The summed E-state index contributed by atoms with van der Waals surface area (Å²) < 4.78 is 0. The van der Waals surface area contributed by atoms with E-state index in [4.69, 9.17) is 21.1 Å². The van der Waals surface area contributed by atoms with Crippen LogP contribution in [-0.2, 0) is 4.79 Å². The number of rotatable bonds is 6. The van der Waals surface area contributed by atoms with Crippen molar-refractivity contribution in [1.82, 2.24) is 0 Å². The molecule has 7 nitrogen and oxygen atoms in total. The first-order valence-electron chi connectivity index (χ1n) is 4.44. The van der Waals surface area contributed by atoms with Crippen LogP contribution in [0.25, 0.3) is 0 Å². The van der Waals surface area contributed by atoms with E-state index in [0.29, 0.717) is 0 Å². The number of aliphatic hydroxyl groups excluding tert-OH is 5. The van der Waals surface area contributed by atoms with Gasteiger partial charge in [-0.15, -0.1) is 0 Å². The van der Waals surface area contributed by atoms with Crippen molar-refractivity contribution in [1.29, 1.82) is 0 Å². The second kappa shape index (κ2) is 6.11. The van der Waals surface area contributed by atoms with Crippen LogP contribution >= 0.6 is 0 Å². The van der Waals surface area contributed by atoms with Crippen molar-refractivity contribution in [3.8, 4) is 0 Å². The van der Waals surface area contributed by atoms with Crippen LogP contribution in [0.5, 0.6) is 0 Å². The van der Waals surface area contributed by atoms with E-state index in [-0.39, 0.29) is 6.29 Å². The highest BCUT2D eigenvalue weighted by atomic mass is 16.4. The average Bonchev–Trinajstić information content (AvgIpc) is 2.23. The van der Waals surface area contributed by atoms with Crippen molar-refractivity contribution in [2.75, 3.05) is 0 Å². The lowest BCUT2D eigenvalue weighted by Crippen LogP contribution is -2.55. The zero-order valence-electron chi connectivity index (χ0n) is 8.26. The molecule has 90 valence electrons. The zero-order chi connectivity index (χ0) is 12.2. The van der Waals surface area contributed by atoms with Crippen LogP contribution in [0.2, 0.25) is 0 Å². The molecule has 6 atom stereocenters. The van der Waals surface area contributed by atoms with Gasteiger partial charge in [0.2, 0.25) is 0 Å². The summed E-state index contributed by atoms with van der Waals surface area (Å²) in [7, 11) is 0. The summed E-state index contributed by atoms with van der Waals surface area (Å²) in [6.45, 7) is 1.29. The Balaban J connectivity index is 4.42. The molecular weight excluding hydrogens is 206 g/mol. The molecule has 0 aromatic heterocycles. The van der Waals surface area contributed by atoms with Crippen molar-refractivity contribution in [2.45, 2.75) is 43.5 Å². The van der Waals surface area contributed by atoms with E-state index in [1.165, 1.54) is 6.92 Å². The van der Waals surface area contributed by atoms with Gasteiger partial charge in [0, 0.05) is 0 Å². The van der Waals surface area contributed by atoms with Gasteiger partial charge in [0.25, 0.3) is 0 Å². The van der Waals surface area contributed by atoms with Crippen LogP contribution in [0.1, 0.15) is 6.92 Å². The lowest BCUT2D eigenvalue weighted by Gasteiger charge is -2.29. The van der Waals surface area contributed by atoms with Gasteiger partial charge in [0.05, 0.1) is 12.1 Å². The van der Waals surface area contributed by atoms with Gasteiger partial charge in [0.1, 0.15) is 24.4 Å². The molecule has 0 spiro atoms. The maximum atomic E-state index is 10.1. The number of aliphatic hydroxyl groups is 5. The van der Waals surface area contributed by atoms with Crippen LogP contribution in [0.15, 0.2) is 0 Å². The van der Waals surface area contributed by atoms with E-state index in [1.54, 1.807) is 0 Å². The van der Waals surface area contributed by atoms with Crippen LogP contribution in [0.4, 0.5) is 0 Å². The van der Waals surface area contributed by atoms with Crippen molar-refractivity contribution in [2.24, 2.45) is 5.73 Å². The highest BCUT2D eigenvalue weighted by Crippen LogP contribution is 2.08. The number of carbonyl (C=O) groups excluding carboxylic acids is 1. The largest absolute Gasteiger partial charge is 0.392 e. The molecule has 0 unspecified atom stereocenters. The Morgan fingerprint density at radius 1 is 1.00 bits per heavy atom. The monoisotopic (exact) mass is 223 g/mol. The van der Waals surface area contributed by atoms with Gasteiger partial charge in [-0.1, -0.05) is 0 Å². The molecule has 15 heavy (non-hydrogen) atoms. The van der Waals surface area contributed by atoms with Gasteiger partial charge < -0.3 is 36.1 Å². The molecule has 0 aliphatic carbocycles. The molecule has 0 aliphatic heterocycles. The maximum absolute atomic E-state index is 10.1. The van der Waals surface area contributed by atoms with Gasteiger partial charge in [-0.05, 0) is 6.92 Å². The molecule has 0 aromatic carbocycles. The van der Waals surface area contributed by atoms with Gasteiger partial charge in [0.15, 0.2) is 6.29 Å². The van der Waals surface area contributed by atoms with Gasteiger partial charge >= 0.3 is 0 Å². The molecular formula is C8H17NO6. The molecule has 0 amide bonds. The first kappa shape index (κ1) is 14.4. The molecule has 0 heterocycles. The number of carbonyl (C=O) groups is 1. The molecule has 0 bridgehead atoms. The predicted molar refractivity (Wildman–Crippen MR) is 49.7 cm³/mol. The number of aldehydes is 1. The smallest absolute Gasteiger partial charge is 0.151 e. The lowest BCUT2D eigenvalue weighted by atomic mass is 9.96. The number of hydrogen-bond donors (Lipinski definition) is 6. The average molecular weight is 223 g/mol. The fraction of sp³-hybridized carbons (Fsp3) is 0.875. The van der Waals surface area contributed by atoms with Crippen LogP contribution < -0.4 is 5.73 Å². The maximum Gasteiger partial charge on any atom is 0.151 e. The third-order valence-corrected chi connectivity index (χ3v) is 2.14. The minimum Gasteiger partial charge on any atom is -0.392 e. The SMILES string of the molecule is C[C@@H](O)[C@@H](N)[C@@H](O)[C@H](O)[C@H](O)[C@@H](O)C=O. The Morgan fingerprint density at radius 3 is 1.80 bits per heavy atom. The number of nitrogens with two attached hydrogens (primary N) is 1. The lowest BCUT2D eigenvalue weighted by molar-refractivity contribution is -0.137. The van der Waals surface area contributed by atoms with Gasteiger partial charge in [-0.3, -0.25) is 0 Å². The third-order valence-electron chi connectivity index (χ3n) is 2.14. The fourth-order valence-corrected chi connectivity index (χ4v) is 0.998. The molecule has 7 N–H and O–H groups in total. The summed E-state index contributed by atoms with van der Waals surface area (Å²) in [5, 5.41) is 45.7. The highest BCUT2D eigenvalue weighted by molar-refractivity contribution is 5.56. The predicted octanol–water partition coefficient (Wildman–Crippen LogP) is -3.66. The van der Waals surface area contributed by atoms with E-state index < -0.39 is 36.6 Å². The number of hydrogen-bond acceptors (Lipinski definition) is 7. The summed E-state index contributed by atoms with van der Waals surface area (Å²) in [6, 6.07) is -1.19. The zero-order valence-corrected chi connectivity index (χ0v) is 8.26. The Kier molecular flexibility index (Phi) is 5.88. The molecule has 0 aromatic rings. The Hall–Kier alpha value is -0.570. The van der Waals surface area contributed by atoms with Crippen molar-refractivity contribution in [3.63, 3.8) is 0 Å². The van der Waals surface area contributed by atoms with E-state index in [1.807, 2.05) is 0 Å². The Labute approximate surface area is 86.8 Å². The second-order valence-electron chi connectivity index (χ2n) is 3.42. The van der Waals surface area contributed by atoms with E-state index >= 15 is 0 Å².